The first-order valence-corrected chi connectivity index (χ1v) is 5.66. The second-order valence-corrected chi connectivity index (χ2v) is 4.11. The van der Waals surface area contributed by atoms with Gasteiger partial charge in [0.25, 0.3) is 0 Å². The van der Waals surface area contributed by atoms with E-state index in [1.165, 1.54) is 5.56 Å². The van der Waals surface area contributed by atoms with Gasteiger partial charge in [0.15, 0.2) is 0 Å². The lowest BCUT2D eigenvalue weighted by Crippen LogP contribution is -2.24. The van der Waals surface area contributed by atoms with Gasteiger partial charge in [-0.15, -0.1) is 0 Å². The van der Waals surface area contributed by atoms with Gasteiger partial charge in [-0.25, -0.2) is 4.68 Å². The third-order valence-electron chi connectivity index (χ3n) is 3.11. The van der Waals surface area contributed by atoms with E-state index in [4.69, 9.17) is 5.26 Å². The quantitative estimate of drug-likeness (QED) is 0.807. The SMILES string of the molecule is N#Cc1cnn2c1NCC[C@@H]2c1ccccc1. The van der Waals surface area contributed by atoms with E-state index in [2.05, 4.69) is 28.6 Å². The van der Waals surface area contributed by atoms with E-state index in [0.29, 0.717) is 5.56 Å². The molecule has 4 nitrogen and oxygen atoms in total. The van der Waals surface area contributed by atoms with Crippen LogP contribution in [0.4, 0.5) is 5.82 Å². The molecule has 0 saturated heterocycles. The molecular formula is C13H12N4. The van der Waals surface area contributed by atoms with Crippen molar-refractivity contribution in [3.05, 3.63) is 47.7 Å². The van der Waals surface area contributed by atoms with Gasteiger partial charge >= 0.3 is 0 Å². The van der Waals surface area contributed by atoms with E-state index >= 15 is 0 Å². The second-order valence-electron chi connectivity index (χ2n) is 4.11. The van der Waals surface area contributed by atoms with Crippen LogP contribution in [-0.2, 0) is 0 Å². The van der Waals surface area contributed by atoms with Crippen molar-refractivity contribution in [3.63, 3.8) is 0 Å². The van der Waals surface area contributed by atoms with Crippen LogP contribution >= 0.6 is 0 Å². The fourth-order valence-corrected chi connectivity index (χ4v) is 2.29. The minimum Gasteiger partial charge on any atom is -0.369 e. The molecule has 1 aliphatic rings. The van der Waals surface area contributed by atoms with Crippen molar-refractivity contribution >= 4 is 5.82 Å². The summed E-state index contributed by atoms with van der Waals surface area (Å²) in [5.41, 5.74) is 1.86. The Bertz CT molecular complexity index is 565. The number of hydrogen-bond acceptors (Lipinski definition) is 3. The maximum Gasteiger partial charge on any atom is 0.143 e. The highest BCUT2D eigenvalue weighted by Crippen LogP contribution is 2.30. The van der Waals surface area contributed by atoms with E-state index in [-0.39, 0.29) is 6.04 Å². The summed E-state index contributed by atoms with van der Waals surface area (Å²) in [5, 5.41) is 16.6. The molecule has 0 unspecified atom stereocenters. The first-order valence-electron chi connectivity index (χ1n) is 5.66. The Balaban J connectivity index is 2.07. The molecule has 2 aromatic rings. The highest BCUT2D eigenvalue weighted by atomic mass is 15.4. The Morgan fingerprint density at radius 2 is 2.18 bits per heavy atom. The lowest BCUT2D eigenvalue weighted by molar-refractivity contribution is 0.482. The summed E-state index contributed by atoms with van der Waals surface area (Å²) in [5.74, 6) is 0.840. The molecule has 0 bridgehead atoms. The van der Waals surface area contributed by atoms with Crippen LogP contribution in [-0.4, -0.2) is 16.3 Å². The summed E-state index contributed by atoms with van der Waals surface area (Å²) in [6.45, 7) is 0.875. The van der Waals surface area contributed by atoms with Crippen molar-refractivity contribution in [3.8, 4) is 6.07 Å². The van der Waals surface area contributed by atoms with E-state index in [9.17, 15) is 0 Å². The molecule has 1 atom stereocenters. The van der Waals surface area contributed by atoms with Crippen molar-refractivity contribution in [2.75, 3.05) is 11.9 Å². The first kappa shape index (κ1) is 9.91. The molecule has 0 fully saturated rings. The number of nitrogens with one attached hydrogen (secondary N) is 1. The lowest BCUT2D eigenvalue weighted by Gasteiger charge is -2.26. The standard InChI is InChI=1S/C13H12N4/c14-8-11-9-16-17-12(6-7-15-13(11)17)10-4-2-1-3-5-10/h1-5,9,12,15H,6-7H2/t12-/m1/s1. The van der Waals surface area contributed by atoms with Crippen molar-refractivity contribution in [1.82, 2.24) is 9.78 Å². The summed E-state index contributed by atoms with van der Waals surface area (Å²) >= 11 is 0. The number of hydrogen-bond donors (Lipinski definition) is 1. The molecule has 84 valence electrons. The van der Waals surface area contributed by atoms with Crippen LogP contribution in [0, 0.1) is 11.3 Å². The molecule has 17 heavy (non-hydrogen) atoms. The van der Waals surface area contributed by atoms with Gasteiger partial charge in [0.2, 0.25) is 0 Å². The van der Waals surface area contributed by atoms with Crippen molar-refractivity contribution in [1.29, 1.82) is 5.26 Å². The molecule has 1 aromatic heterocycles. The van der Waals surface area contributed by atoms with Crippen LogP contribution in [0.5, 0.6) is 0 Å². The zero-order chi connectivity index (χ0) is 11.7. The number of nitrogens with zero attached hydrogens (tertiary/aromatic N) is 3. The summed E-state index contributed by atoms with van der Waals surface area (Å²) in [4.78, 5) is 0. The topological polar surface area (TPSA) is 53.6 Å². The average molecular weight is 224 g/mol. The molecule has 2 heterocycles. The molecule has 1 N–H and O–H groups in total. The number of nitriles is 1. The molecule has 4 heteroatoms. The van der Waals surface area contributed by atoms with Crippen LogP contribution < -0.4 is 5.32 Å². The monoisotopic (exact) mass is 224 g/mol. The first-order chi connectivity index (χ1) is 8.40. The summed E-state index contributed by atoms with van der Waals surface area (Å²) < 4.78 is 1.91. The van der Waals surface area contributed by atoms with Crippen molar-refractivity contribution < 1.29 is 0 Å². The molecule has 0 spiro atoms. The number of aromatic nitrogens is 2. The molecule has 3 rings (SSSR count). The predicted octanol–water partition coefficient (Wildman–Crippen LogP) is 2.16. The normalized spacial score (nSPS) is 17.9. The lowest BCUT2D eigenvalue weighted by atomic mass is 10.0. The smallest absolute Gasteiger partial charge is 0.143 e. The van der Waals surface area contributed by atoms with Crippen LogP contribution in [0.1, 0.15) is 23.6 Å². The average Bonchev–Trinajstić information content (AvgIpc) is 2.82. The van der Waals surface area contributed by atoms with Crippen molar-refractivity contribution in [2.45, 2.75) is 12.5 Å². The van der Waals surface area contributed by atoms with Gasteiger partial charge in [-0.1, -0.05) is 30.3 Å². The van der Waals surface area contributed by atoms with E-state index in [0.717, 1.165) is 18.8 Å². The van der Waals surface area contributed by atoms with Crippen molar-refractivity contribution in [2.24, 2.45) is 0 Å². The largest absolute Gasteiger partial charge is 0.369 e. The number of benzene rings is 1. The van der Waals surface area contributed by atoms with Gasteiger partial charge in [-0.05, 0) is 12.0 Å². The molecule has 0 radical (unpaired) electrons. The van der Waals surface area contributed by atoms with Crippen LogP contribution in [0.2, 0.25) is 0 Å². The third-order valence-corrected chi connectivity index (χ3v) is 3.11. The maximum atomic E-state index is 9.00. The molecule has 0 aliphatic carbocycles. The minimum atomic E-state index is 0.231. The predicted molar refractivity (Wildman–Crippen MR) is 64.6 cm³/mol. The Morgan fingerprint density at radius 1 is 1.35 bits per heavy atom. The van der Waals surface area contributed by atoms with E-state index in [1.807, 2.05) is 22.9 Å². The van der Waals surface area contributed by atoms with E-state index in [1.54, 1.807) is 6.20 Å². The van der Waals surface area contributed by atoms with Gasteiger partial charge in [-0.3, -0.25) is 0 Å². The zero-order valence-corrected chi connectivity index (χ0v) is 9.30. The Morgan fingerprint density at radius 3 is 2.94 bits per heavy atom. The summed E-state index contributed by atoms with van der Waals surface area (Å²) in [6.07, 6.45) is 2.62. The Hall–Kier alpha value is -2.28. The fourth-order valence-electron chi connectivity index (χ4n) is 2.29. The Labute approximate surface area is 99.5 Å². The fraction of sp³-hybridized carbons (Fsp3) is 0.231. The van der Waals surface area contributed by atoms with Crippen LogP contribution in [0.25, 0.3) is 0 Å². The number of rotatable bonds is 1. The van der Waals surface area contributed by atoms with Crippen LogP contribution in [0.3, 0.4) is 0 Å². The summed E-state index contributed by atoms with van der Waals surface area (Å²) in [7, 11) is 0. The highest BCUT2D eigenvalue weighted by Gasteiger charge is 2.23. The number of anilines is 1. The number of fused-ring (bicyclic) bond motifs is 1. The zero-order valence-electron chi connectivity index (χ0n) is 9.30. The highest BCUT2D eigenvalue weighted by molar-refractivity contribution is 5.53. The van der Waals surface area contributed by atoms with Crippen LogP contribution in [0.15, 0.2) is 36.5 Å². The van der Waals surface area contributed by atoms with Gasteiger partial charge < -0.3 is 5.32 Å². The Kier molecular flexibility index (Phi) is 2.30. The molecule has 0 saturated carbocycles. The van der Waals surface area contributed by atoms with Gasteiger partial charge in [-0.2, -0.15) is 10.4 Å². The molecular weight excluding hydrogens is 212 g/mol. The van der Waals surface area contributed by atoms with Gasteiger partial charge in [0.05, 0.1) is 12.2 Å². The second kappa shape index (κ2) is 3.95. The molecule has 0 amide bonds. The third kappa shape index (κ3) is 1.56. The van der Waals surface area contributed by atoms with Gasteiger partial charge in [0, 0.05) is 6.54 Å². The minimum absolute atomic E-state index is 0.231. The molecule has 1 aromatic carbocycles. The summed E-state index contributed by atoms with van der Waals surface area (Å²) in [6, 6.07) is 12.7. The van der Waals surface area contributed by atoms with Gasteiger partial charge in [0.1, 0.15) is 17.5 Å². The maximum absolute atomic E-state index is 9.00. The van der Waals surface area contributed by atoms with E-state index < -0.39 is 0 Å². The molecule has 1 aliphatic heterocycles.